The van der Waals surface area contributed by atoms with Gasteiger partial charge in [-0.1, -0.05) is 11.6 Å². The third kappa shape index (κ3) is 3.71. The van der Waals surface area contributed by atoms with Crippen LogP contribution in [0.1, 0.15) is 13.3 Å². The molecule has 0 radical (unpaired) electrons. The van der Waals surface area contributed by atoms with Crippen molar-refractivity contribution in [3.8, 4) is 0 Å². The zero-order chi connectivity index (χ0) is 18.7. The first-order valence-corrected chi connectivity index (χ1v) is 9.08. The Labute approximate surface area is 153 Å². The molecule has 0 spiro atoms. The molecule has 0 saturated carbocycles. The SMILES string of the molecule is CNC(=O)OC1OC=C(C(=O)N2CCN(CCO)CC2)C2CC=C(C)C12. The van der Waals surface area contributed by atoms with Crippen molar-refractivity contribution in [2.24, 2.45) is 11.8 Å². The van der Waals surface area contributed by atoms with Gasteiger partial charge in [-0.2, -0.15) is 0 Å². The summed E-state index contributed by atoms with van der Waals surface area (Å²) < 4.78 is 11.0. The summed E-state index contributed by atoms with van der Waals surface area (Å²) >= 11 is 0. The number of hydrogen-bond donors (Lipinski definition) is 2. The van der Waals surface area contributed by atoms with Gasteiger partial charge in [0.05, 0.1) is 24.4 Å². The van der Waals surface area contributed by atoms with E-state index in [1.807, 2.05) is 11.8 Å². The maximum atomic E-state index is 13.0. The van der Waals surface area contributed by atoms with Crippen LogP contribution < -0.4 is 5.32 Å². The largest absolute Gasteiger partial charge is 0.461 e. The van der Waals surface area contributed by atoms with E-state index >= 15 is 0 Å². The summed E-state index contributed by atoms with van der Waals surface area (Å²) in [6.07, 6.45) is 3.05. The van der Waals surface area contributed by atoms with Crippen LogP contribution in [0.5, 0.6) is 0 Å². The van der Waals surface area contributed by atoms with Crippen molar-refractivity contribution in [1.82, 2.24) is 15.1 Å². The lowest BCUT2D eigenvalue weighted by Gasteiger charge is -2.38. The molecule has 3 aliphatic rings. The molecular weight excluding hydrogens is 338 g/mol. The third-order valence-electron chi connectivity index (χ3n) is 5.42. The Bertz CT molecular complexity index is 610. The molecule has 0 aromatic rings. The number of aliphatic hydroxyl groups is 1. The molecule has 2 heterocycles. The number of hydrogen-bond acceptors (Lipinski definition) is 6. The second-order valence-electron chi connectivity index (χ2n) is 6.91. The molecule has 0 bridgehead atoms. The number of piperazine rings is 1. The van der Waals surface area contributed by atoms with Gasteiger partial charge in [0.1, 0.15) is 0 Å². The molecule has 3 unspecified atom stereocenters. The zero-order valence-corrected chi connectivity index (χ0v) is 15.3. The van der Waals surface area contributed by atoms with Crippen LogP contribution in [-0.2, 0) is 14.3 Å². The molecule has 1 saturated heterocycles. The van der Waals surface area contributed by atoms with E-state index in [-0.39, 0.29) is 24.3 Å². The zero-order valence-electron chi connectivity index (χ0n) is 15.3. The molecule has 1 aliphatic carbocycles. The first kappa shape index (κ1) is 18.7. The highest BCUT2D eigenvalue weighted by atomic mass is 16.7. The molecule has 8 nitrogen and oxygen atoms in total. The number of carbonyl (C=O) groups excluding carboxylic acids is 2. The van der Waals surface area contributed by atoms with Crippen molar-refractivity contribution in [3.05, 3.63) is 23.5 Å². The number of rotatable bonds is 4. The summed E-state index contributed by atoms with van der Waals surface area (Å²) in [5.41, 5.74) is 1.73. The Morgan fingerprint density at radius 1 is 1.35 bits per heavy atom. The number of ether oxygens (including phenoxy) is 2. The fraction of sp³-hybridized carbons (Fsp3) is 0.667. The minimum absolute atomic E-state index is 0.00913. The fourth-order valence-corrected chi connectivity index (χ4v) is 3.92. The summed E-state index contributed by atoms with van der Waals surface area (Å²) in [5.74, 6) is -0.168. The summed E-state index contributed by atoms with van der Waals surface area (Å²) in [4.78, 5) is 28.6. The van der Waals surface area contributed by atoms with Crippen molar-refractivity contribution >= 4 is 12.0 Å². The van der Waals surface area contributed by atoms with Gasteiger partial charge in [0, 0.05) is 45.7 Å². The number of fused-ring (bicyclic) bond motifs is 1. The number of β-amino-alcohol motifs (C(OH)–C–C–N with tert-alkyl or cyclic N) is 1. The molecule has 2 amide bonds. The standard InChI is InChI=1S/C18H27N3O5/c1-12-3-4-13-14(11-25-17(15(12)13)26-18(24)19-2)16(23)21-7-5-20(6-8-21)9-10-22/h3,11,13,15,17,22H,4-10H2,1-2H3,(H,19,24). The average molecular weight is 365 g/mol. The molecule has 0 aromatic carbocycles. The highest BCUT2D eigenvalue weighted by Gasteiger charge is 2.45. The molecule has 144 valence electrons. The van der Waals surface area contributed by atoms with Crippen LogP contribution >= 0.6 is 0 Å². The lowest BCUT2D eigenvalue weighted by molar-refractivity contribution is -0.135. The Hall–Kier alpha value is -2.06. The minimum Gasteiger partial charge on any atom is -0.461 e. The summed E-state index contributed by atoms with van der Waals surface area (Å²) in [6, 6.07) is 0. The van der Waals surface area contributed by atoms with Crippen LogP contribution in [0.25, 0.3) is 0 Å². The first-order chi connectivity index (χ1) is 12.5. The highest BCUT2D eigenvalue weighted by molar-refractivity contribution is 5.94. The quantitative estimate of drug-likeness (QED) is 0.697. The maximum Gasteiger partial charge on any atom is 0.409 e. The molecule has 26 heavy (non-hydrogen) atoms. The maximum absolute atomic E-state index is 13.0. The van der Waals surface area contributed by atoms with Gasteiger partial charge in [0.25, 0.3) is 12.2 Å². The Kier molecular flexibility index (Phi) is 5.83. The van der Waals surface area contributed by atoms with Crippen molar-refractivity contribution in [1.29, 1.82) is 0 Å². The van der Waals surface area contributed by atoms with E-state index in [0.29, 0.717) is 25.2 Å². The Morgan fingerprint density at radius 2 is 2.08 bits per heavy atom. The molecule has 8 heteroatoms. The van der Waals surface area contributed by atoms with Crippen molar-refractivity contribution in [3.63, 3.8) is 0 Å². The van der Waals surface area contributed by atoms with Gasteiger partial charge >= 0.3 is 6.09 Å². The van der Waals surface area contributed by atoms with Crippen LogP contribution in [0.4, 0.5) is 4.79 Å². The van der Waals surface area contributed by atoms with Crippen LogP contribution in [0.15, 0.2) is 23.5 Å². The molecule has 3 atom stereocenters. The summed E-state index contributed by atoms with van der Waals surface area (Å²) in [7, 11) is 1.50. The van der Waals surface area contributed by atoms with Gasteiger partial charge in [-0.05, 0) is 13.3 Å². The number of nitrogens with zero attached hydrogens (tertiary/aromatic N) is 2. The monoisotopic (exact) mass is 365 g/mol. The number of aliphatic hydroxyl groups excluding tert-OH is 1. The fourth-order valence-electron chi connectivity index (χ4n) is 3.92. The summed E-state index contributed by atoms with van der Waals surface area (Å²) in [5, 5.41) is 11.5. The van der Waals surface area contributed by atoms with E-state index in [1.54, 1.807) is 0 Å². The predicted octanol–water partition coefficient (Wildman–Crippen LogP) is 0.302. The Morgan fingerprint density at radius 3 is 2.73 bits per heavy atom. The van der Waals surface area contributed by atoms with E-state index in [4.69, 9.17) is 14.6 Å². The van der Waals surface area contributed by atoms with Crippen LogP contribution in [0.2, 0.25) is 0 Å². The van der Waals surface area contributed by atoms with E-state index < -0.39 is 12.4 Å². The average Bonchev–Trinajstić information content (AvgIpc) is 3.04. The summed E-state index contributed by atoms with van der Waals surface area (Å²) in [6.45, 7) is 5.54. The molecule has 0 aromatic heterocycles. The smallest absolute Gasteiger partial charge is 0.409 e. The topological polar surface area (TPSA) is 91.3 Å². The van der Waals surface area contributed by atoms with Gasteiger partial charge < -0.3 is 24.8 Å². The number of nitrogens with one attached hydrogen (secondary N) is 1. The normalized spacial score (nSPS) is 28.6. The van der Waals surface area contributed by atoms with Crippen LogP contribution in [-0.4, -0.2) is 79.6 Å². The molecule has 1 fully saturated rings. The van der Waals surface area contributed by atoms with Crippen LogP contribution in [0.3, 0.4) is 0 Å². The predicted molar refractivity (Wildman–Crippen MR) is 94.0 cm³/mol. The van der Waals surface area contributed by atoms with Gasteiger partial charge in [0.2, 0.25) is 0 Å². The molecular formula is C18H27N3O5. The van der Waals surface area contributed by atoms with Gasteiger partial charge in [-0.3, -0.25) is 9.69 Å². The molecule has 2 aliphatic heterocycles. The number of allylic oxidation sites excluding steroid dienone is 1. The van der Waals surface area contributed by atoms with Gasteiger partial charge in [0.15, 0.2) is 0 Å². The number of amides is 2. The second-order valence-corrected chi connectivity index (χ2v) is 6.91. The first-order valence-electron chi connectivity index (χ1n) is 9.08. The lowest BCUT2D eigenvalue weighted by Crippen LogP contribution is -2.51. The van der Waals surface area contributed by atoms with E-state index in [9.17, 15) is 9.59 Å². The van der Waals surface area contributed by atoms with E-state index in [2.05, 4.69) is 16.3 Å². The van der Waals surface area contributed by atoms with Gasteiger partial charge in [-0.15, -0.1) is 0 Å². The van der Waals surface area contributed by atoms with Crippen LogP contribution in [0, 0.1) is 11.8 Å². The van der Waals surface area contributed by atoms with E-state index in [0.717, 1.165) is 25.1 Å². The molecule has 2 N–H and O–H groups in total. The number of alkyl carbamates (subject to hydrolysis) is 1. The third-order valence-corrected chi connectivity index (χ3v) is 5.42. The van der Waals surface area contributed by atoms with Crippen molar-refractivity contribution in [2.45, 2.75) is 19.6 Å². The van der Waals surface area contributed by atoms with Crippen molar-refractivity contribution < 1.29 is 24.2 Å². The lowest BCUT2D eigenvalue weighted by atomic mass is 9.83. The van der Waals surface area contributed by atoms with Crippen molar-refractivity contribution in [2.75, 3.05) is 46.4 Å². The molecule has 3 rings (SSSR count). The van der Waals surface area contributed by atoms with Gasteiger partial charge in [-0.25, -0.2) is 4.79 Å². The minimum atomic E-state index is -0.711. The van der Waals surface area contributed by atoms with E-state index in [1.165, 1.54) is 13.3 Å². The second kappa shape index (κ2) is 8.09. The Balaban J connectivity index is 1.69. The number of carbonyl (C=O) groups is 2. The highest BCUT2D eigenvalue weighted by Crippen LogP contribution is 2.43.